The summed E-state index contributed by atoms with van der Waals surface area (Å²) >= 11 is 0. The third-order valence-corrected chi connectivity index (χ3v) is 11.6. The van der Waals surface area contributed by atoms with Crippen LogP contribution in [-0.4, -0.2) is 9.13 Å². The van der Waals surface area contributed by atoms with Crippen molar-refractivity contribution in [3.8, 4) is 63.0 Å². The lowest BCUT2D eigenvalue weighted by Crippen LogP contribution is -2.09. The Kier molecular flexibility index (Phi) is 9.06. The van der Waals surface area contributed by atoms with E-state index in [1.165, 1.54) is 24.3 Å². The number of aromatic nitrogens is 2. The van der Waals surface area contributed by atoms with Gasteiger partial charge in [0.1, 0.15) is 6.07 Å². The number of benzene rings is 8. The van der Waals surface area contributed by atoms with Crippen molar-refractivity contribution in [3.63, 3.8) is 0 Å². The van der Waals surface area contributed by atoms with Crippen molar-refractivity contribution in [1.29, 1.82) is 15.8 Å². The lowest BCUT2D eigenvalue weighted by molar-refractivity contribution is -0.137. The van der Waals surface area contributed by atoms with Gasteiger partial charge in [-0.25, -0.2) is 9.69 Å². The van der Waals surface area contributed by atoms with Gasteiger partial charge >= 0.3 is 6.18 Å². The molecule has 0 atom stereocenters. The Bertz CT molecular complexity index is 3790. The molecule has 0 saturated carbocycles. The van der Waals surface area contributed by atoms with Crippen molar-refractivity contribution < 1.29 is 13.2 Å². The Morgan fingerprint density at radius 1 is 0.438 bits per heavy atom. The predicted molar refractivity (Wildman–Crippen MR) is 243 cm³/mol. The number of halogens is 3. The average Bonchev–Trinajstić information content (AvgIpc) is 3.84. The molecule has 0 aliphatic heterocycles. The molecule has 298 valence electrons. The molecular formula is C54H26F3N7. The highest BCUT2D eigenvalue weighted by molar-refractivity contribution is 6.12. The van der Waals surface area contributed by atoms with E-state index in [1.807, 2.05) is 94.1 Å². The maximum absolute atomic E-state index is 15.2. The molecule has 7 nitrogen and oxygen atoms in total. The van der Waals surface area contributed by atoms with Gasteiger partial charge in [-0.05, 0) is 107 Å². The summed E-state index contributed by atoms with van der Waals surface area (Å²) in [6, 6.07) is 51.8. The van der Waals surface area contributed by atoms with E-state index < -0.39 is 11.7 Å². The number of hydrogen-bond donors (Lipinski definition) is 0. The largest absolute Gasteiger partial charge is 0.417 e. The van der Waals surface area contributed by atoms with Crippen LogP contribution in [0.2, 0.25) is 0 Å². The van der Waals surface area contributed by atoms with Crippen LogP contribution >= 0.6 is 0 Å². The molecular weight excluding hydrogens is 804 g/mol. The quantitative estimate of drug-likeness (QED) is 0.162. The number of hydrogen-bond acceptors (Lipinski definition) is 3. The molecule has 0 fully saturated rings. The van der Waals surface area contributed by atoms with E-state index in [0.29, 0.717) is 72.5 Å². The van der Waals surface area contributed by atoms with Crippen molar-refractivity contribution in [3.05, 3.63) is 203 Å². The van der Waals surface area contributed by atoms with Gasteiger partial charge in [0.2, 0.25) is 0 Å². The van der Waals surface area contributed by atoms with Crippen LogP contribution in [0.4, 0.5) is 24.5 Å². The number of nitriles is 3. The van der Waals surface area contributed by atoms with Gasteiger partial charge in [-0.2, -0.15) is 29.0 Å². The molecule has 0 spiro atoms. The zero-order valence-electron chi connectivity index (χ0n) is 33.3. The highest BCUT2D eigenvalue weighted by Crippen LogP contribution is 2.45. The standard InChI is InChI=1S/C54H26F3N7/c1-61-39-21-32(29-58)19-36(23-39)34-15-17-44-42-10-4-7-13-48(42)63(51(44)25-34)50-28-46(41-9-3-6-12-47(41)54(55,56)57)53(27-38(50)31-60)64-49-14-8-5-11-43(49)45-18-16-35(26-52(45)64)37-20-33(30-59)22-40(24-37)62-2/h3-28H. The van der Waals surface area contributed by atoms with E-state index in [0.717, 1.165) is 27.6 Å². The first-order valence-corrected chi connectivity index (χ1v) is 19.8. The van der Waals surface area contributed by atoms with Gasteiger partial charge in [0.15, 0.2) is 11.4 Å². The molecule has 64 heavy (non-hydrogen) atoms. The SMILES string of the molecule is [C-]#[N+]c1cc(C#N)cc(-c2ccc3c4ccccc4n(-c4cc(-c5ccccc5C(F)(F)F)c(-n5c6ccccc6c6ccc(-c7cc(C#N)cc([N+]#[C-])c7)cc65)cc4C#N)c3c2)c1. The Hall–Kier alpha value is -9.40. The van der Waals surface area contributed by atoms with E-state index >= 15 is 13.2 Å². The van der Waals surface area contributed by atoms with Gasteiger partial charge in [0.05, 0.1) is 69.9 Å². The molecule has 10 aromatic rings. The van der Waals surface area contributed by atoms with Gasteiger partial charge in [-0.3, -0.25) is 0 Å². The van der Waals surface area contributed by atoms with Gasteiger partial charge in [0, 0.05) is 38.2 Å². The second-order valence-electron chi connectivity index (χ2n) is 15.2. The maximum atomic E-state index is 15.2. The van der Waals surface area contributed by atoms with Crippen LogP contribution in [-0.2, 0) is 6.18 Å². The average molecular weight is 830 g/mol. The minimum absolute atomic E-state index is 0.0947. The topological polar surface area (TPSA) is 89.9 Å². The van der Waals surface area contributed by atoms with Crippen LogP contribution in [0.3, 0.4) is 0 Å². The molecule has 10 heteroatoms. The molecule has 0 bridgehead atoms. The fraction of sp³-hybridized carbons (Fsp3) is 0.0185. The molecule has 2 aromatic heterocycles. The van der Waals surface area contributed by atoms with Crippen molar-refractivity contribution in [1.82, 2.24) is 9.13 Å². The number of alkyl halides is 3. The predicted octanol–water partition coefficient (Wildman–Crippen LogP) is 14.6. The van der Waals surface area contributed by atoms with Gasteiger partial charge < -0.3 is 9.13 Å². The van der Waals surface area contributed by atoms with Crippen molar-refractivity contribution in [2.75, 3.05) is 0 Å². The first kappa shape index (κ1) is 38.8. The summed E-state index contributed by atoms with van der Waals surface area (Å²) < 4.78 is 49.3. The van der Waals surface area contributed by atoms with Crippen LogP contribution in [0.15, 0.2) is 158 Å². The number of nitrogens with zero attached hydrogens (tertiary/aromatic N) is 7. The monoisotopic (exact) mass is 829 g/mol. The van der Waals surface area contributed by atoms with Gasteiger partial charge in [-0.1, -0.05) is 78.9 Å². The summed E-state index contributed by atoms with van der Waals surface area (Å²) in [5, 5.41) is 34.0. The molecule has 0 radical (unpaired) electrons. The van der Waals surface area contributed by atoms with Crippen molar-refractivity contribution >= 4 is 55.0 Å². The first-order chi connectivity index (χ1) is 31.1. The third kappa shape index (κ3) is 6.26. The Balaban J connectivity index is 1.32. The van der Waals surface area contributed by atoms with E-state index in [1.54, 1.807) is 42.5 Å². The van der Waals surface area contributed by atoms with Crippen molar-refractivity contribution in [2.45, 2.75) is 6.18 Å². The van der Waals surface area contributed by atoms with Crippen LogP contribution in [0.5, 0.6) is 0 Å². The molecule has 0 aliphatic carbocycles. The normalized spacial score (nSPS) is 11.3. The van der Waals surface area contributed by atoms with E-state index in [2.05, 4.69) is 27.9 Å². The van der Waals surface area contributed by atoms with E-state index in [4.69, 9.17) is 13.1 Å². The van der Waals surface area contributed by atoms with Gasteiger partial charge in [-0.15, -0.1) is 0 Å². The molecule has 0 saturated heterocycles. The van der Waals surface area contributed by atoms with Crippen LogP contribution in [0, 0.1) is 47.1 Å². The molecule has 0 amide bonds. The van der Waals surface area contributed by atoms with E-state index in [9.17, 15) is 15.8 Å². The lowest BCUT2D eigenvalue weighted by Gasteiger charge is -2.21. The highest BCUT2D eigenvalue weighted by Gasteiger charge is 2.35. The summed E-state index contributed by atoms with van der Waals surface area (Å²) in [7, 11) is 0. The number of fused-ring (bicyclic) bond motifs is 6. The fourth-order valence-corrected chi connectivity index (χ4v) is 8.85. The first-order valence-electron chi connectivity index (χ1n) is 19.8. The summed E-state index contributed by atoms with van der Waals surface area (Å²) in [5.41, 5.74) is 6.64. The van der Waals surface area contributed by atoms with Crippen LogP contribution in [0.1, 0.15) is 22.3 Å². The molecule has 10 rings (SSSR count). The molecule has 0 unspecified atom stereocenters. The second kappa shape index (κ2) is 14.9. The molecule has 8 aromatic carbocycles. The maximum Gasteiger partial charge on any atom is 0.417 e. The van der Waals surface area contributed by atoms with Crippen molar-refractivity contribution in [2.24, 2.45) is 0 Å². The molecule has 2 heterocycles. The second-order valence-corrected chi connectivity index (χ2v) is 15.2. The van der Waals surface area contributed by atoms with Crippen LogP contribution < -0.4 is 0 Å². The Morgan fingerprint density at radius 3 is 1.42 bits per heavy atom. The van der Waals surface area contributed by atoms with Gasteiger partial charge in [0.25, 0.3) is 0 Å². The summed E-state index contributed by atoms with van der Waals surface area (Å²) in [6.07, 6.45) is -4.74. The Labute approximate surface area is 363 Å². The summed E-state index contributed by atoms with van der Waals surface area (Å²) in [4.78, 5) is 7.14. The highest BCUT2D eigenvalue weighted by atomic mass is 19.4. The minimum atomic E-state index is -4.74. The number of rotatable bonds is 5. The summed E-state index contributed by atoms with van der Waals surface area (Å²) in [6.45, 7) is 15.3. The molecule has 0 N–H and O–H groups in total. The number of para-hydroxylation sites is 2. The molecule has 0 aliphatic rings. The zero-order chi connectivity index (χ0) is 44.3. The smallest absolute Gasteiger partial charge is 0.309 e. The minimum Gasteiger partial charge on any atom is -0.309 e. The Morgan fingerprint density at radius 2 is 0.922 bits per heavy atom. The van der Waals surface area contributed by atoms with E-state index in [-0.39, 0.29) is 22.4 Å². The zero-order valence-corrected chi connectivity index (χ0v) is 33.3. The third-order valence-electron chi connectivity index (χ3n) is 11.6. The lowest BCUT2D eigenvalue weighted by atomic mass is 9.95. The summed E-state index contributed by atoms with van der Waals surface area (Å²) in [5.74, 6) is 0. The van der Waals surface area contributed by atoms with Crippen LogP contribution in [0.25, 0.3) is 98.1 Å². The fourth-order valence-electron chi connectivity index (χ4n) is 8.85.